The van der Waals surface area contributed by atoms with E-state index >= 15 is 0 Å². The fraction of sp³-hybridized carbons (Fsp3) is 0.222. The van der Waals surface area contributed by atoms with E-state index in [4.69, 9.17) is 9.84 Å². The first-order chi connectivity index (χ1) is 12.5. The van der Waals surface area contributed by atoms with Crippen LogP contribution in [0, 0.1) is 0 Å². The number of carbonyl (C=O) groups is 1. The highest BCUT2D eigenvalue weighted by Gasteiger charge is 2.18. The molecule has 3 rings (SSSR count). The summed E-state index contributed by atoms with van der Waals surface area (Å²) in [5, 5.41) is 14.3. The zero-order valence-electron chi connectivity index (χ0n) is 14.3. The molecule has 0 aliphatic rings. The monoisotopic (exact) mass is 416 g/mol. The summed E-state index contributed by atoms with van der Waals surface area (Å²) in [6.45, 7) is 2.91. The van der Waals surface area contributed by atoms with Crippen LogP contribution in [0.4, 0.5) is 0 Å². The summed E-state index contributed by atoms with van der Waals surface area (Å²) in [4.78, 5) is 20.0. The molecule has 3 aromatic rings. The average molecular weight is 417 g/mol. The number of rotatable bonds is 6. The number of methoxy groups -OCH3 is 1. The Labute approximate surface area is 158 Å². The van der Waals surface area contributed by atoms with Crippen molar-refractivity contribution in [3.8, 4) is 11.1 Å². The van der Waals surface area contributed by atoms with Crippen molar-refractivity contribution in [1.29, 1.82) is 0 Å². The van der Waals surface area contributed by atoms with Gasteiger partial charge < -0.3 is 9.84 Å². The van der Waals surface area contributed by atoms with Gasteiger partial charge in [0, 0.05) is 58.7 Å². The van der Waals surface area contributed by atoms with E-state index in [9.17, 15) is 4.79 Å². The predicted molar refractivity (Wildman–Crippen MR) is 102 cm³/mol. The number of pyridine rings is 2. The molecular weight excluding hydrogens is 400 g/mol. The Balaban J connectivity index is 2.40. The van der Waals surface area contributed by atoms with Crippen molar-refractivity contribution in [2.75, 3.05) is 7.11 Å². The lowest BCUT2D eigenvalue weighted by Gasteiger charge is -2.13. The number of carboxylic acid groups (broad SMARTS) is 1. The summed E-state index contributed by atoms with van der Waals surface area (Å²) < 4.78 is 7.91. The Morgan fingerprint density at radius 1 is 1.38 bits per heavy atom. The Hall–Kier alpha value is -2.58. The van der Waals surface area contributed by atoms with Crippen LogP contribution in [0.15, 0.2) is 35.2 Å². The number of hydrogen-bond donors (Lipinski definition) is 1. The average Bonchev–Trinajstić information content (AvgIpc) is 3.02. The fourth-order valence-corrected chi connectivity index (χ4v) is 3.19. The zero-order chi connectivity index (χ0) is 18.7. The summed E-state index contributed by atoms with van der Waals surface area (Å²) in [5.41, 5.74) is 3.71. The van der Waals surface area contributed by atoms with Crippen molar-refractivity contribution >= 4 is 39.0 Å². The lowest BCUT2D eigenvalue weighted by molar-refractivity contribution is -0.131. The summed E-state index contributed by atoms with van der Waals surface area (Å²) >= 11 is 3.44. The van der Waals surface area contributed by atoms with Gasteiger partial charge in [-0.1, -0.05) is 0 Å². The van der Waals surface area contributed by atoms with Crippen LogP contribution in [0.5, 0.6) is 0 Å². The first kappa shape index (κ1) is 18.2. The van der Waals surface area contributed by atoms with Gasteiger partial charge in [0.25, 0.3) is 0 Å². The molecule has 0 aromatic carbocycles. The minimum absolute atomic E-state index is 0.249. The number of carboxylic acids is 1. The molecule has 0 spiro atoms. The van der Waals surface area contributed by atoms with Gasteiger partial charge in [0.2, 0.25) is 0 Å². The quantitative estimate of drug-likeness (QED) is 0.618. The third-order valence-electron chi connectivity index (χ3n) is 3.87. The van der Waals surface area contributed by atoms with Crippen molar-refractivity contribution in [3.05, 3.63) is 46.5 Å². The number of aromatic nitrogens is 4. The van der Waals surface area contributed by atoms with E-state index in [0.717, 1.165) is 32.7 Å². The van der Waals surface area contributed by atoms with Crippen molar-refractivity contribution < 1.29 is 14.6 Å². The van der Waals surface area contributed by atoms with Gasteiger partial charge in [0.1, 0.15) is 0 Å². The third kappa shape index (κ3) is 3.51. The van der Waals surface area contributed by atoms with Gasteiger partial charge in [0.05, 0.1) is 18.5 Å². The normalized spacial score (nSPS) is 11.5. The van der Waals surface area contributed by atoms with Crippen LogP contribution < -0.4 is 0 Å². The second kappa shape index (κ2) is 7.76. The maximum absolute atomic E-state index is 11.1. The molecule has 0 aliphatic carbocycles. The Morgan fingerprint density at radius 2 is 2.19 bits per heavy atom. The molecule has 8 heteroatoms. The number of nitrogens with zero attached hydrogens (tertiary/aromatic N) is 4. The molecule has 134 valence electrons. The molecule has 3 heterocycles. The molecule has 0 bridgehead atoms. The molecule has 0 fully saturated rings. The van der Waals surface area contributed by atoms with Crippen molar-refractivity contribution in [2.45, 2.75) is 20.1 Å². The first-order valence-electron chi connectivity index (χ1n) is 7.94. The van der Waals surface area contributed by atoms with Crippen LogP contribution >= 0.6 is 15.9 Å². The van der Waals surface area contributed by atoms with E-state index in [1.807, 2.05) is 13.0 Å². The minimum Gasteiger partial charge on any atom is -0.478 e. The van der Waals surface area contributed by atoms with Crippen molar-refractivity contribution in [1.82, 2.24) is 19.7 Å². The van der Waals surface area contributed by atoms with Gasteiger partial charge in [-0.2, -0.15) is 5.10 Å². The molecule has 0 atom stereocenters. The molecule has 3 aromatic heterocycles. The second-order valence-electron chi connectivity index (χ2n) is 5.54. The maximum atomic E-state index is 11.1. The number of hydrogen-bond acceptors (Lipinski definition) is 5. The third-order valence-corrected chi connectivity index (χ3v) is 4.30. The van der Waals surface area contributed by atoms with Crippen LogP contribution in [0.25, 0.3) is 28.2 Å². The summed E-state index contributed by atoms with van der Waals surface area (Å²) in [5.74, 6) is -1.03. The van der Waals surface area contributed by atoms with Gasteiger partial charge in [-0.05, 0) is 35.0 Å². The van der Waals surface area contributed by atoms with E-state index in [-0.39, 0.29) is 6.61 Å². The van der Waals surface area contributed by atoms with E-state index in [1.54, 1.807) is 36.5 Å². The van der Waals surface area contributed by atoms with Crippen molar-refractivity contribution in [2.24, 2.45) is 0 Å². The highest BCUT2D eigenvalue weighted by molar-refractivity contribution is 9.10. The molecule has 0 unspecified atom stereocenters. The molecule has 7 nitrogen and oxygen atoms in total. The van der Waals surface area contributed by atoms with Gasteiger partial charge >= 0.3 is 5.97 Å². The Kier molecular flexibility index (Phi) is 5.43. The summed E-state index contributed by atoms with van der Waals surface area (Å²) in [7, 11) is 1.58. The standard InChI is InChI=1S/C18H17BrN4O3/c1-3-23-18-14(9-21-23)17(11-6-12(19)8-20-7-11)13(4-5-16(24)25)15(22-18)10-26-2/h4-9H,3,10H2,1-2H3,(H,24,25). The molecule has 0 radical (unpaired) electrons. The summed E-state index contributed by atoms with van der Waals surface area (Å²) in [6, 6.07) is 1.93. The van der Waals surface area contributed by atoms with E-state index in [0.29, 0.717) is 17.8 Å². The molecule has 26 heavy (non-hydrogen) atoms. The lowest BCUT2D eigenvalue weighted by Crippen LogP contribution is -2.04. The largest absolute Gasteiger partial charge is 0.478 e. The number of ether oxygens (including phenoxy) is 1. The predicted octanol–water partition coefficient (Wildman–Crippen LogP) is 3.52. The van der Waals surface area contributed by atoms with Crippen LogP contribution in [0.1, 0.15) is 18.2 Å². The van der Waals surface area contributed by atoms with E-state index < -0.39 is 5.97 Å². The van der Waals surface area contributed by atoms with Crippen LogP contribution in [0.2, 0.25) is 0 Å². The zero-order valence-corrected chi connectivity index (χ0v) is 15.9. The summed E-state index contributed by atoms with van der Waals surface area (Å²) in [6.07, 6.45) is 7.82. The number of fused-ring (bicyclic) bond motifs is 1. The van der Waals surface area contributed by atoms with E-state index in [2.05, 4.69) is 31.0 Å². The number of halogens is 1. The Morgan fingerprint density at radius 3 is 2.85 bits per heavy atom. The number of aryl methyl sites for hydroxylation is 1. The van der Waals surface area contributed by atoms with Gasteiger partial charge in [-0.3, -0.25) is 4.98 Å². The molecule has 1 N–H and O–H groups in total. The lowest BCUT2D eigenvalue weighted by atomic mass is 9.97. The highest BCUT2D eigenvalue weighted by Crippen LogP contribution is 2.35. The molecular formula is C18H17BrN4O3. The SMILES string of the molecule is CCn1ncc2c(-c3cncc(Br)c3)c(C=CC(=O)O)c(COC)nc21. The molecule has 0 saturated carbocycles. The van der Waals surface area contributed by atoms with Crippen LogP contribution in [-0.2, 0) is 22.7 Å². The number of aliphatic carboxylic acids is 1. The highest BCUT2D eigenvalue weighted by atomic mass is 79.9. The van der Waals surface area contributed by atoms with Gasteiger partial charge in [-0.25, -0.2) is 14.5 Å². The van der Waals surface area contributed by atoms with Crippen LogP contribution in [-0.4, -0.2) is 37.9 Å². The van der Waals surface area contributed by atoms with Gasteiger partial charge in [-0.15, -0.1) is 0 Å². The molecule has 0 saturated heterocycles. The second-order valence-corrected chi connectivity index (χ2v) is 6.46. The van der Waals surface area contributed by atoms with Gasteiger partial charge in [0.15, 0.2) is 5.65 Å². The smallest absolute Gasteiger partial charge is 0.328 e. The topological polar surface area (TPSA) is 90.1 Å². The fourth-order valence-electron chi connectivity index (χ4n) is 2.82. The first-order valence-corrected chi connectivity index (χ1v) is 8.73. The molecule has 0 aliphatic heterocycles. The minimum atomic E-state index is -1.03. The van der Waals surface area contributed by atoms with Crippen LogP contribution in [0.3, 0.4) is 0 Å². The van der Waals surface area contributed by atoms with Crippen molar-refractivity contribution in [3.63, 3.8) is 0 Å². The maximum Gasteiger partial charge on any atom is 0.328 e. The van der Waals surface area contributed by atoms with E-state index in [1.165, 1.54) is 0 Å². The molecule has 0 amide bonds. The Bertz CT molecular complexity index is 998.